The predicted octanol–water partition coefficient (Wildman–Crippen LogP) is 3.76. The van der Waals surface area contributed by atoms with Crippen LogP contribution in [-0.2, 0) is 39.9 Å². The number of anilines is 1. The summed E-state index contributed by atoms with van der Waals surface area (Å²) in [4.78, 5) is 44.7. The Hall–Kier alpha value is -3.05. The third-order valence-corrected chi connectivity index (χ3v) is 8.10. The van der Waals surface area contributed by atoms with Gasteiger partial charge in [0.1, 0.15) is 17.9 Å². The van der Waals surface area contributed by atoms with Crippen LogP contribution in [0.25, 0.3) is 0 Å². The lowest BCUT2D eigenvalue weighted by atomic mass is 9.88. The van der Waals surface area contributed by atoms with Crippen molar-refractivity contribution in [2.45, 2.75) is 57.6 Å². The van der Waals surface area contributed by atoms with Gasteiger partial charge in [0.15, 0.2) is 5.79 Å². The maximum absolute atomic E-state index is 14.1. The third-order valence-electron chi connectivity index (χ3n) is 7.57. The topological polar surface area (TPSA) is 94.6 Å². The minimum absolute atomic E-state index is 0.148. The van der Waals surface area contributed by atoms with Gasteiger partial charge < -0.3 is 18.9 Å². The van der Waals surface area contributed by atoms with Crippen LogP contribution in [0.2, 0.25) is 0 Å². The Balaban J connectivity index is 1.44. The number of ether oxygens (including phenoxy) is 4. The number of esters is 1. The van der Waals surface area contributed by atoms with Crippen molar-refractivity contribution < 1.29 is 33.3 Å². The SMILES string of the molecule is CCOC(=O)[C@H]1[C@@H]2C(=O)N(c3ccc(Br)cc3)C(=O)[C@@H]2[C@H](C2=C[C@H]3OC(C)(C)O[C@H]3O2)N1Cc1ccccc1. The van der Waals surface area contributed by atoms with E-state index in [0.717, 1.165) is 10.0 Å². The van der Waals surface area contributed by atoms with Gasteiger partial charge in [0.2, 0.25) is 18.1 Å². The van der Waals surface area contributed by atoms with Gasteiger partial charge in [-0.05, 0) is 56.7 Å². The van der Waals surface area contributed by atoms with Gasteiger partial charge in [0.05, 0.1) is 30.2 Å². The first-order valence-electron chi connectivity index (χ1n) is 13.0. The average Bonchev–Trinajstić information content (AvgIpc) is 3.57. The summed E-state index contributed by atoms with van der Waals surface area (Å²) in [6.45, 7) is 5.79. The normalized spacial score (nSPS) is 31.2. The number of halogens is 1. The minimum Gasteiger partial charge on any atom is -0.465 e. The molecule has 2 aromatic rings. The molecule has 2 aromatic carbocycles. The number of likely N-dealkylation sites (tertiary alicyclic amines) is 1. The Morgan fingerprint density at radius 1 is 1.00 bits per heavy atom. The molecule has 0 aliphatic carbocycles. The summed E-state index contributed by atoms with van der Waals surface area (Å²) in [6.07, 6.45) is 0.666. The summed E-state index contributed by atoms with van der Waals surface area (Å²) < 4.78 is 24.4. The number of rotatable bonds is 6. The lowest BCUT2D eigenvalue weighted by molar-refractivity contribution is -0.184. The Labute approximate surface area is 234 Å². The van der Waals surface area contributed by atoms with Gasteiger partial charge >= 0.3 is 5.97 Å². The zero-order valence-corrected chi connectivity index (χ0v) is 23.4. The number of carbonyl (C=O) groups excluding carboxylic acids is 3. The van der Waals surface area contributed by atoms with Crippen LogP contribution in [0.15, 0.2) is 70.9 Å². The molecule has 3 fully saturated rings. The van der Waals surface area contributed by atoms with E-state index < -0.39 is 54.0 Å². The van der Waals surface area contributed by atoms with Crippen molar-refractivity contribution in [2.75, 3.05) is 11.5 Å². The van der Waals surface area contributed by atoms with Gasteiger partial charge in [0, 0.05) is 11.0 Å². The fourth-order valence-corrected chi connectivity index (χ4v) is 6.38. The summed E-state index contributed by atoms with van der Waals surface area (Å²) in [5.74, 6) is -3.53. The minimum atomic E-state index is -0.986. The molecule has 0 N–H and O–H groups in total. The molecule has 4 heterocycles. The van der Waals surface area contributed by atoms with Crippen LogP contribution in [0, 0.1) is 11.8 Å². The Kier molecular flexibility index (Phi) is 6.61. The van der Waals surface area contributed by atoms with Crippen LogP contribution in [0.5, 0.6) is 0 Å². The molecule has 0 unspecified atom stereocenters. The largest absolute Gasteiger partial charge is 0.465 e. The molecule has 0 radical (unpaired) electrons. The average molecular weight is 597 g/mol. The second-order valence-corrected chi connectivity index (χ2v) is 11.4. The molecule has 4 aliphatic rings. The Morgan fingerprint density at radius 3 is 2.36 bits per heavy atom. The van der Waals surface area contributed by atoms with Gasteiger partial charge in [-0.2, -0.15) is 0 Å². The number of imide groups is 1. The van der Waals surface area contributed by atoms with Gasteiger partial charge in [-0.25, -0.2) is 4.90 Å². The number of hydrogen-bond acceptors (Lipinski definition) is 8. The van der Waals surface area contributed by atoms with E-state index in [0.29, 0.717) is 18.0 Å². The fourth-order valence-electron chi connectivity index (χ4n) is 6.11. The van der Waals surface area contributed by atoms with E-state index in [-0.39, 0.29) is 12.5 Å². The van der Waals surface area contributed by atoms with E-state index in [4.69, 9.17) is 18.9 Å². The monoisotopic (exact) mass is 596 g/mol. The Morgan fingerprint density at radius 2 is 1.69 bits per heavy atom. The van der Waals surface area contributed by atoms with Crippen molar-refractivity contribution in [1.82, 2.24) is 4.90 Å². The number of amides is 2. The maximum atomic E-state index is 14.1. The first kappa shape index (κ1) is 26.2. The van der Waals surface area contributed by atoms with Crippen LogP contribution in [0.4, 0.5) is 5.69 Å². The van der Waals surface area contributed by atoms with E-state index in [1.54, 1.807) is 31.2 Å². The first-order valence-corrected chi connectivity index (χ1v) is 13.8. The van der Waals surface area contributed by atoms with Gasteiger partial charge in [-0.1, -0.05) is 46.3 Å². The molecule has 10 heteroatoms. The van der Waals surface area contributed by atoms with Crippen LogP contribution in [0.3, 0.4) is 0 Å². The molecule has 9 nitrogen and oxygen atoms in total. The smallest absolute Gasteiger partial charge is 0.324 e. The van der Waals surface area contributed by atoms with Gasteiger partial charge in [0.25, 0.3) is 0 Å². The molecule has 39 heavy (non-hydrogen) atoms. The van der Waals surface area contributed by atoms with Crippen LogP contribution < -0.4 is 4.90 Å². The summed E-state index contributed by atoms with van der Waals surface area (Å²) >= 11 is 3.40. The highest BCUT2D eigenvalue weighted by atomic mass is 79.9. The summed E-state index contributed by atoms with van der Waals surface area (Å²) in [7, 11) is 0. The van der Waals surface area contributed by atoms with E-state index >= 15 is 0 Å². The number of nitrogens with zero attached hydrogens (tertiary/aromatic N) is 2. The highest BCUT2D eigenvalue weighted by Gasteiger charge is 2.66. The van der Waals surface area contributed by atoms with Crippen LogP contribution in [-0.4, -0.2) is 59.6 Å². The molecule has 3 saturated heterocycles. The molecule has 6 rings (SSSR count). The fraction of sp³-hybridized carbons (Fsp3) is 0.414. The predicted molar refractivity (Wildman–Crippen MR) is 143 cm³/mol. The number of hydrogen-bond donors (Lipinski definition) is 0. The van der Waals surface area contributed by atoms with Crippen molar-refractivity contribution >= 4 is 39.4 Å². The lowest BCUT2D eigenvalue weighted by Gasteiger charge is -2.33. The van der Waals surface area contributed by atoms with Crippen LogP contribution >= 0.6 is 15.9 Å². The zero-order valence-electron chi connectivity index (χ0n) is 21.8. The molecule has 0 bridgehead atoms. The molecule has 6 atom stereocenters. The summed E-state index contributed by atoms with van der Waals surface area (Å²) in [6, 6.07) is 14.9. The number of benzene rings is 2. The van der Waals surface area contributed by atoms with Crippen molar-refractivity contribution in [3.63, 3.8) is 0 Å². The number of carbonyl (C=O) groups is 3. The summed E-state index contributed by atoms with van der Waals surface area (Å²) in [5.41, 5.74) is 1.37. The number of fused-ring (bicyclic) bond motifs is 2. The van der Waals surface area contributed by atoms with Crippen molar-refractivity contribution in [3.8, 4) is 0 Å². The highest BCUT2D eigenvalue weighted by Crippen LogP contribution is 2.49. The second-order valence-electron chi connectivity index (χ2n) is 10.5. The van der Waals surface area contributed by atoms with Crippen molar-refractivity contribution in [1.29, 1.82) is 0 Å². The molecule has 2 amide bonds. The maximum Gasteiger partial charge on any atom is 0.324 e. The van der Waals surface area contributed by atoms with Gasteiger partial charge in [-0.3, -0.25) is 19.3 Å². The van der Waals surface area contributed by atoms with Crippen molar-refractivity contribution in [3.05, 3.63) is 76.5 Å². The second kappa shape index (κ2) is 9.85. The van der Waals surface area contributed by atoms with Gasteiger partial charge in [-0.15, -0.1) is 0 Å². The molecule has 204 valence electrons. The van der Waals surface area contributed by atoms with E-state index in [9.17, 15) is 14.4 Å². The molecule has 0 aromatic heterocycles. The molecular weight excluding hydrogens is 568 g/mol. The third kappa shape index (κ3) is 4.49. The molecular formula is C29H29BrN2O7. The van der Waals surface area contributed by atoms with E-state index in [1.165, 1.54) is 4.90 Å². The zero-order chi connectivity index (χ0) is 27.5. The van der Waals surface area contributed by atoms with E-state index in [1.807, 2.05) is 55.2 Å². The van der Waals surface area contributed by atoms with Crippen LogP contribution in [0.1, 0.15) is 26.3 Å². The lowest BCUT2D eigenvalue weighted by Crippen LogP contribution is -2.49. The molecule has 0 spiro atoms. The van der Waals surface area contributed by atoms with E-state index in [2.05, 4.69) is 15.9 Å². The quantitative estimate of drug-likeness (QED) is 0.367. The Bertz CT molecular complexity index is 1330. The molecule has 0 saturated carbocycles. The first-order chi connectivity index (χ1) is 18.7. The highest BCUT2D eigenvalue weighted by molar-refractivity contribution is 9.10. The standard InChI is InChI=1S/C29H29BrN2O7/c1-4-36-27(35)24-22-21(25(33)32(26(22)34)18-12-10-17(30)11-13-18)23(31(24)15-16-8-6-5-7-9-16)19-14-20-28(37-19)39-29(2,3)38-20/h5-14,20-24,28H,4,15H2,1-3H3/t20-,21+,22-,23+,24-,28-/m1/s1. The summed E-state index contributed by atoms with van der Waals surface area (Å²) in [5, 5.41) is 0. The van der Waals surface area contributed by atoms with Crippen molar-refractivity contribution in [2.24, 2.45) is 11.8 Å². The molecule has 4 aliphatic heterocycles.